The summed E-state index contributed by atoms with van der Waals surface area (Å²) in [7, 11) is -3.06. The number of likely N-dealkylation sites (N-methyl/N-ethyl adjacent to an activating group) is 1. The fourth-order valence-corrected chi connectivity index (χ4v) is 6.16. The average molecular weight is 445 g/mol. The van der Waals surface area contributed by atoms with Crippen molar-refractivity contribution in [3.8, 4) is 10.6 Å². The highest BCUT2D eigenvalue weighted by Crippen LogP contribution is 2.32. The van der Waals surface area contributed by atoms with Crippen molar-refractivity contribution in [1.29, 1.82) is 0 Å². The van der Waals surface area contributed by atoms with Gasteiger partial charge in [0.1, 0.15) is 0 Å². The molecular formula is C21H24N4O3S2. The second-order valence-electron chi connectivity index (χ2n) is 7.38. The highest BCUT2D eigenvalue weighted by molar-refractivity contribution is 7.91. The van der Waals surface area contributed by atoms with Gasteiger partial charge in [-0.2, -0.15) is 5.10 Å². The van der Waals surface area contributed by atoms with Crippen LogP contribution >= 0.6 is 11.3 Å². The lowest BCUT2D eigenvalue weighted by Crippen LogP contribution is -2.33. The van der Waals surface area contributed by atoms with Crippen molar-refractivity contribution in [2.24, 2.45) is 0 Å². The van der Waals surface area contributed by atoms with Crippen LogP contribution < -0.4 is 0 Å². The van der Waals surface area contributed by atoms with Crippen LogP contribution in [0.5, 0.6) is 0 Å². The SMILES string of the molecule is CCN(CCc1ccncc1)C(=O)c1cc(-c2cccs2)n(C2CCS(=O)(=O)C2)n1. The summed E-state index contributed by atoms with van der Waals surface area (Å²) in [6, 6.07) is 9.37. The number of amides is 1. The third-order valence-corrected chi connectivity index (χ3v) is 8.01. The average Bonchev–Trinajstić information content (AvgIpc) is 3.48. The molecule has 4 heterocycles. The van der Waals surface area contributed by atoms with Crippen LogP contribution in [0.3, 0.4) is 0 Å². The summed E-state index contributed by atoms with van der Waals surface area (Å²) >= 11 is 1.55. The van der Waals surface area contributed by atoms with E-state index in [0.29, 0.717) is 25.2 Å². The Labute approximate surface area is 180 Å². The molecule has 1 amide bonds. The van der Waals surface area contributed by atoms with Gasteiger partial charge in [-0.15, -0.1) is 11.3 Å². The van der Waals surface area contributed by atoms with E-state index in [2.05, 4.69) is 10.1 Å². The Bertz CT molecular complexity index is 1110. The van der Waals surface area contributed by atoms with Gasteiger partial charge in [0, 0.05) is 25.5 Å². The fraction of sp³-hybridized carbons (Fsp3) is 0.381. The predicted octanol–water partition coefficient (Wildman–Crippen LogP) is 3.07. The van der Waals surface area contributed by atoms with Gasteiger partial charge in [0.15, 0.2) is 15.5 Å². The molecule has 0 radical (unpaired) electrons. The minimum atomic E-state index is -3.06. The number of nitrogens with zero attached hydrogens (tertiary/aromatic N) is 4. The first-order valence-electron chi connectivity index (χ1n) is 9.99. The molecule has 1 atom stereocenters. The topological polar surface area (TPSA) is 85.2 Å². The number of aromatic nitrogens is 3. The Morgan fingerprint density at radius 1 is 1.30 bits per heavy atom. The summed E-state index contributed by atoms with van der Waals surface area (Å²) in [6.45, 7) is 3.10. The first kappa shape index (κ1) is 20.7. The van der Waals surface area contributed by atoms with Crippen LogP contribution in [0.2, 0.25) is 0 Å². The van der Waals surface area contributed by atoms with Crippen LogP contribution in [0.15, 0.2) is 48.1 Å². The Hall–Kier alpha value is -2.52. The fourth-order valence-electron chi connectivity index (χ4n) is 3.73. The van der Waals surface area contributed by atoms with Crippen LogP contribution in [0.25, 0.3) is 10.6 Å². The standard InChI is InChI=1S/C21H24N4O3S2/c1-2-24(11-7-16-5-9-22-10-6-16)21(26)18-14-19(20-4-3-12-29-20)25(23-18)17-8-13-30(27,28)15-17/h3-6,9-10,12,14,17H,2,7-8,11,13,15H2,1H3. The number of sulfone groups is 1. The minimum Gasteiger partial charge on any atom is -0.337 e. The lowest BCUT2D eigenvalue weighted by molar-refractivity contribution is 0.0759. The van der Waals surface area contributed by atoms with E-state index in [-0.39, 0.29) is 23.5 Å². The number of rotatable bonds is 7. The number of carbonyl (C=O) groups excluding carboxylic acids is 1. The van der Waals surface area contributed by atoms with Gasteiger partial charge in [-0.05, 0) is 55.0 Å². The van der Waals surface area contributed by atoms with Gasteiger partial charge >= 0.3 is 0 Å². The first-order chi connectivity index (χ1) is 14.5. The number of carbonyl (C=O) groups is 1. The van der Waals surface area contributed by atoms with Crippen LogP contribution in [0, 0.1) is 0 Å². The zero-order valence-corrected chi connectivity index (χ0v) is 18.4. The van der Waals surface area contributed by atoms with Gasteiger partial charge in [-0.25, -0.2) is 8.42 Å². The molecule has 3 aromatic heterocycles. The minimum absolute atomic E-state index is 0.0697. The number of pyridine rings is 1. The van der Waals surface area contributed by atoms with Crippen LogP contribution in [-0.2, 0) is 16.3 Å². The largest absolute Gasteiger partial charge is 0.337 e. The molecule has 0 N–H and O–H groups in total. The first-order valence-corrected chi connectivity index (χ1v) is 12.7. The predicted molar refractivity (Wildman–Crippen MR) is 117 cm³/mol. The molecule has 1 unspecified atom stereocenters. The smallest absolute Gasteiger partial charge is 0.274 e. The molecule has 30 heavy (non-hydrogen) atoms. The van der Waals surface area contributed by atoms with Gasteiger partial charge in [0.2, 0.25) is 0 Å². The second kappa shape index (κ2) is 8.69. The monoisotopic (exact) mass is 444 g/mol. The van der Waals surface area contributed by atoms with E-state index < -0.39 is 9.84 Å². The zero-order valence-electron chi connectivity index (χ0n) is 16.8. The molecule has 1 aliphatic heterocycles. The maximum Gasteiger partial charge on any atom is 0.274 e. The van der Waals surface area contributed by atoms with E-state index in [4.69, 9.17) is 0 Å². The summed E-state index contributed by atoms with van der Waals surface area (Å²) in [5.74, 6) is 0.0988. The van der Waals surface area contributed by atoms with Crippen molar-refractivity contribution in [2.75, 3.05) is 24.6 Å². The van der Waals surface area contributed by atoms with Crippen molar-refractivity contribution in [3.05, 3.63) is 59.4 Å². The zero-order chi connectivity index (χ0) is 21.1. The van der Waals surface area contributed by atoms with Gasteiger partial charge in [-0.3, -0.25) is 14.5 Å². The lowest BCUT2D eigenvalue weighted by Gasteiger charge is -2.19. The van der Waals surface area contributed by atoms with Crippen molar-refractivity contribution < 1.29 is 13.2 Å². The summed E-state index contributed by atoms with van der Waals surface area (Å²) in [6.07, 6.45) is 4.76. The third kappa shape index (κ3) is 4.46. The normalized spacial score (nSPS) is 17.8. The quantitative estimate of drug-likeness (QED) is 0.559. The molecule has 158 valence electrons. The highest BCUT2D eigenvalue weighted by Gasteiger charge is 2.32. The summed E-state index contributed by atoms with van der Waals surface area (Å²) in [5.41, 5.74) is 2.29. The molecule has 4 rings (SSSR count). The maximum atomic E-state index is 13.2. The Kier molecular flexibility index (Phi) is 6.01. The van der Waals surface area contributed by atoms with E-state index in [0.717, 1.165) is 22.6 Å². The molecule has 1 fully saturated rings. The lowest BCUT2D eigenvalue weighted by atomic mass is 10.2. The van der Waals surface area contributed by atoms with Crippen LogP contribution in [0.4, 0.5) is 0 Å². The van der Waals surface area contributed by atoms with Crippen LogP contribution in [0.1, 0.15) is 35.4 Å². The molecular weight excluding hydrogens is 420 g/mol. The van der Waals surface area contributed by atoms with Crippen molar-refractivity contribution >= 4 is 27.1 Å². The molecule has 0 aliphatic carbocycles. The molecule has 1 saturated heterocycles. The number of thiophene rings is 1. The number of hydrogen-bond donors (Lipinski definition) is 0. The summed E-state index contributed by atoms with van der Waals surface area (Å²) in [4.78, 5) is 20.0. The number of hydrogen-bond acceptors (Lipinski definition) is 6. The van der Waals surface area contributed by atoms with Gasteiger partial charge in [0.05, 0.1) is 28.1 Å². The van der Waals surface area contributed by atoms with E-state index >= 15 is 0 Å². The summed E-state index contributed by atoms with van der Waals surface area (Å²) in [5, 5.41) is 6.56. The van der Waals surface area contributed by atoms with E-state index in [1.54, 1.807) is 39.4 Å². The highest BCUT2D eigenvalue weighted by atomic mass is 32.2. The second-order valence-corrected chi connectivity index (χ2v) is 10.6. The third-order valence-electron chi connectivity index (χ3n) is 5.37. The maximum absolute atomic E-state index is 13.2. The van der Waals surface area contributed by atoms with Crippen molar-refractivity contribution in [1.82, 2.24) is 19.7 Å². The molecule has 0 saturated carbocycles. The van der Waals surface area contributed by atoms with Gasteiger partial charge in [-0.1, -0.05) is 6.07 Å². The Morgan fingerprint density at radius 2 is 2.10 bits per heavy atom. The van der Waals surface area contributed by atoms with E-state index in [1.165, 1.54) is 0 Å². The molecule has 0 spiro atoms. The van der Waals surface area contributed by atoms with Crippen molar-refractivity contribution in [2.45, 2.75) is 25.8 Å². The van der Waals surface area contributed by atoms with Gasteiger partial charge < -0.3 is 4.90 Å². The van der Waals surface area contributed by atoms with Gasteiger partial charge in [0.25, 0.3) is 5.91 Å². The molecule has 1 aliphatic rings. The molecule has 9 heteroatoms. The van der Waals surface area contributed by atoms with Crippen molar-refractivity contribution in [3.63, 3.8) is 0 Å². The van der Waals surface area contributed by atoms with E-state index in [1.807, 2.05) is 36.6 Å². The molecule has 3 aromatic rings. The van der Waals surface area contributed by atoms with Crippen LogP contribution in [-0.4, -0.2) is 58.6 Å². The Balaban J connectivity index is 1.59. The summed E-state index contributed by atoms with van der Waals surface area (Å²) < 4.78 is 25.8. The Morgan fingerprint density at radius 3 is 2.73 bits per heavy atom. The molecule has 7 nitrogen and oxygen atoms in total. The molecule has 0 bridgehead atoms. The molecule has 0 aromatic carbocycles. The van der Waals surface area contributed by atoms with E-state index in [9.17, 15) is 13.2 Å².